The Morgan fingerprint density at radius 3 is 2.72 bits per heavy atom. The third-order valence-corrected chi connectivity index (χ3v) is 5.95. The molecule has 0 saturated carbocycles. The Kier molecular flexibility index (Phi) is 6.75. The topological polar surface area (TPSA) is 68.3 Å². The van der Waals surface area contributed by atoms with Crippen molar-refractivity contribution in [3.8, 4) is 5.69 Å². The van der Waals surface area contributed by atoms with Gasteiger partial charge in [-0.2, -0.15) is 0 Å². The van der Waals surface area contributed by atoms with Gasteiger partial charge >= 0.3 is 0 Å². The van der Waals surface area contributed by atoms with Crippen molar-refractivity contribution in [3.05, 3.63) is 52.1 Å². The number of amides is 1. The molecule has 1 saturated heterocycles. The molecular formula is C22H27ClFN3O2. The van der Waals surface area contributed by atoms with E-state index >= 15 is 0 Å². The van der Waals surface area contributed by atoms with Gasteiger partial charge in [-0.25, -0.2) is 4.39 Å². The molecule has 29 heavy (non-hydrogen) atoms. The number of aromatic nitrogens is 1. The van der Waals surface area contributed by atoms with Gasteiger partial charge in [0.1, 0.15) is 5.82 Å². The number of nitrogens with zero attached hydrogens (tertiary/aromatic N) is 2. The number of hydrogen-bond donors (Lipinski definition) is 1. The predicted octanol–water partition coefficient (Wildman–Crippen LogP) is 4.05. The van der Waals surface area contributed by atoms with E-state index in [2.05, 4.69) is 4.90 Å². The first-order valence-electron chi connectivity index (χ1n) is 9.94. The van der Waals surface area contributed by atoms with Crippen molar-refractivity contribution < 1.29 is 14.0 Å². The summed E-state index contributed by atoms with van der Waals surface area (Å²) in [6.45, 7) is 5.85. The lowest BCUT2D eigenvalue weighted by molar-refractivity contribution is -0.118. The molecule has 0 spiro atoms. The maximum Gasteiger partial charge on any atom is 0.217 e. The number of Topliss-reactive ketones (excluding diaryl/α,β-unsaturated/α-hetero) is 1. The molecule has 1 unspecified atom stereocenters. The fourth-order valence-electron chi connectivity index (χ4n) is 4.23. The van der Waals surface area contributed by atoms with Crippen molar-refractivity contribution in [2.75, 3.05) is 19.6 Å². The Balaban J connectivity index is 1.73. The van der Waals surface area contributed by atoms with Gasteiger partial charge in [-0.05, 0) is 69.8 Å². The SMILES string of the molecule is Cc1cc(C(=O)CN2CCCC(CCC(N)=O)C2)c(C)n1-c1ccc(F)c(Cl)c1. The Morgan fingerprint density at radius 2 is 2.03 bits per heavy atom. The number of nitrogens with two attached hydrogens (primary N) is 1. The van der Waals surface area contributed by atoms with Gasteiger partial charge in [-0.15, -0.1) is 0 Å². The molecule has 1 fully saturated rings. The van der Waals surface area contributed by atoms with Crippen LogP contribution < -0.4 is 5.73 Å². The molecule has 2 heterocycles. The fourth-order valence-corrected chi connectivity index (χ4v) is 4.41. The van der Waals surface area contributed by atoms with Crippen molar-refractivity contribution in [1.29, 1.82) is 0 Å². The van der Waals surface area contributed by atoms with Gasteiger partial charge in [0.05, 0.1) is 11.6 Å². The third-order valence-electron chi connectivity index (χ3n) is 5.66. The molecule has 2 N–H and O–H groups in total. The molecule has 1 aromatic carbocycles. The Morgan fingerprint density at radius 1 is 1.28 bits per heavy atom. The van der Waals surface area contributed by atoms with Crippen LogP contribution in [0.5, 0.6) is 0 Å². The summed E-state index contributed by atoms with van der Waals surface area (Å²) in [5, 5.41) is 0.0539. The lowest BCUT2D eigenvalue weighted by Gasteiger charge is -2.32. The van der Waals surface area contributed by atoms with Crippen molar-refractivity contribution >= 4 is 23.3 Å². The zero-order chi connectivity index (χ0) is 21.1. The van der Waals surface area contributed by atoms with Crippen LogP contribution in [0, 0.1) is 25.6 Å². The zero-order valence-electron chi connectivity index (χ0n) is 16.9. The van der Waals surface area contributed by atoms with Crippen LogP contribution in [-0.2, 0) is 4.79 Å². The maximum atomic E-state index is 13.5. The lowest BCUT2D eigenvalue weighted by Crippen LogP contribution is -2.39. The zero-order valence-corrected chi connectivity index (χ0v) is 17.6. The van der Waals surface area contributed by atoms with Crippen molar-refractivity contribution in [2.24, 2.45) is 11.7 Å². The number of carbonyl (C=O) groups is 2. The second-order valence-electron chi connectivity index (χ2n) is 7.89. The molecule has 1 atom stereocenters. The molecule has 0 radical (unpaired) electrons. The highest BCUT2D eigenvalue weighted by molar-refractivity contribution is 6.30. The van der Waals surface area contributed by atoms with E-state index < -0.39 is 5.82 Å². The highest BCUT2D eigenvalue weighted by Crippen LogP contribution is 2.26. The van der Waals surface area contributed by atoms with E-state index in [1.165, 1.54) is 6.07 Å². The molecule has 3 rings (SSSR count). The number of primary amides is 1. The van der Waals surface area contributed by atoms with Crippen molar-refractivity contribution in [2.45, 2.75) is 39.5 Å². The van der Waals surface area contributed by atoms with Crippen LogP contribution in [-0.4, -0.2) is 40.8 Å². The quantitative estimate of drug-likeness (QED) is 0.688. The van der Waals surface area contributed by atoms with Crippen LogP contribution in [0.1, 0.15) is 47.4 Å². The van der Waals surface area contributed by atoms with Crippen LogP contribution in [0.2, 0.25) is 5.02 Å². The molecule has 156 valence electrons. The fraction of sp³-hybridized carbons (Fsp3) is 0.455. The van der Waals surface area contributed by atoms with Crippen LogP contribution in [0.25, 0.3) is 5.69 Å². The number of benzene rings is 1. The Bertz CT molecular complexity index is 925. The molecule has 0 bridgehead atoms. The molecule has 1 aromatic heterocycles. The third kappa shape index (κ3) is 5.06. The summed E-state index contributed by atoms with van der Waals surface area (Å²) < 4.78 is 15.4. The second kappa shape index (κ2) is 9.09. The number of hydrogen-bond acceptors (Lipinski definition) is 3. The first-order valence-corrected chi connectivity index (χ1v) is 10.3. The number of aryl methyl sites for hydroxylation is 1. The molecule has 5 nitrogen and oxygen atoms in total. The molecule has 1 aliphatic heterocycles. The van der Waals surface area contributed by atoms with Crippen LogP contribution in [0.15, 0.2) is 24.3 Å². The molecule has 7 heteroatoms. The molecule has 2 aromatic rings. The smallest absolute Gasteiger partial charge is 0.217 e. The number of carbonyl (C=O) groups excluding carboxylic acids is 2. The largest absolute Gasteiger partial charge is 0.370 e. The Hall–Kier alpha value is -2.18. The van der Waals surface area contributed by atoms with Crippen LogP contribution in [0.4, 0.5) is 4.39 Å². The summed E-state index contributed by atoms with van der Waals surface area (Å²) in [5.74, 6) is -0.275. The van der Waals surface area contributed by atoms with Gasteiger partial charge in [0, 0.05) is 35.6 Å². The summed E-state index contributed by atoms with van der Waals surface area (Å²) >= 11 is 5.93. The van der Waals surface area contributed by atoms with E-state index in [0.717, 1.165) is 49.4 Å². The number of halogens is 2. The van der Waals surface area contributed by atoms with Crippen molar-refractivity contribution in [1.82, 2.24) is 9.47 Å². The van der Waals surface area contributed by atoms with E-state index in [0.29, 0.717) is 24.4 Å². The van der Waals surface area contributed by atoms with Gasteiger partial charge in [0.25, 0.3) is 0 Å². The van der Waals surface area contributed by atoms with E-state index in [-0.39, 0.29) is 16.7 Å². The van der Waals surface area contributed by atoms with Gasteiger partial charge in [0.2, 0.25) is 5.91 Å². The number of piperidine rings is 1. The summed E-state index contributed by atoms with van der Waals surface area (Å²) in [5.41, 5.74) is 8.37. The number of rotatable bonds is 7. The standard InChI is InChI=1S/C22H27ClFN3O2/c1-14-10-18(15(2)27(14)17-6-7-20(24)19(23)11-17)21(28)13-26-9-3-4-16(12-26)5-8-22(25)29/h6-7,10-11,16H,3-5,8-9,12-13H2,1-2H3,(H2,25,29). The minimum Gasteiger partial charge on any atom is -0.370 e. The molecule has 1 amide bonds. The van der Waals surface area contributed by atoms with E-state index in [1.807, 2.05) is 24.5 Å². The molecular weight excluding hydrogens is 393 g/mol. The minimum absolute atomic E-state index is 0.0539. The van der Waals surface area contributed by atoms with Gasteiger partial charge in [-0.1, -0.05) is 11.6 Å². The highest BCUT2D eigenvalue weighted by Gasteiger charge is 2.24. The average molecular weight is 420 g/mol. The minimum atomic E-state index is -0.467. The van der Waals surface area contributed by atoms with E-state index in [4.69, 9.17) is 17.3 Å². The summed E-state index contributed by atoms with van der Waals surface area (Å²) in [7, 11) is 0. The van der Waals surface area contributed by atoms with Crippen LogP contribution >= 0.6 is 11.6 Å². The van der Waals surface area contributed by atoms with E-state index in [1.54, 1.807) is 12.1 Å². The van der Waals surface area contributed by atoms with Crippen molar-refractivity contribution in [3.63, 3.8) is 0 Å². The lowest BCUT2D eigenvalue weighted by atomic mass is 9.93. The normalized spacial score (nSPS) is 17.4. The average Bonchev–Trinajstić information content (AvgIpc) is 2.97. The van der Waals surface area contributed by atoms with Gasteiger partial charge in [0.15, 0.2) is 5.78 Å². The number of ketones is 1. The highest BCUT2D eigenvalue weighted by atomic mass is 35.5. The molecule has 0 aliphatic carbocycles. The maximum absolute atomic E-state index is 13.5. The number of likely N-dealkylation sites (tertiary alicyclic amines) is 1. The second-order valence-corrected chi connectivity index (χ2v) is 8.30. The van der Waals surface area contributed by atoms with Gasteiger partial charge < -0.3 is 10.3 Å². The first kappa shape index (κ1) is 21.5. The summed E-state index contributed by atoms with van der Waals surface area (Å²) in [6.07, 6.45) is 3.26. The summed E-state index contributed by atoms with van der Waals surface area (Å²) in [4.78, 5) is 26.2. The van der Waals surface area contributed by atoms with E-state index in [9.17, 15) is 14.0 Å². The van der Waals surface area contributed by atoms with Gasteiger partial charge in [-0.3, -0.25) is 14.5 Å². The summed E-state index contributed by atoms with van der Waals surface area (Å²) in [6, 6.07) is 6.43. The first-order chi connectivity index (χ1) is 13.8. The molecule has 1 aliphatic rings. The van der Waals surface area contributed by atoms with Crippen LogP contribution in [0.3, 0.4) is 0 Å². The Labute approximate surface area is 175 Å². The predicted molar refractivity (Wildman–Crippen MR) is 112 cm³/mol. The monoisotopic (exact) mass is 419 g/mol.